The Morgan fingerprint density at radius 3 is 2.68 bits per heavy atom. The van der Waals surface area contributed by atoms with E-state index in [1.54, 1.807) is 30.5 Å². The number of rotatable bonds is 3. The highest BCUT2D eigenvalue weighted by Gasteiger charge is 2.16. The molecule has 0 spiro atoms. The van der Waals surface area contributed by atoms with Crippen LogP contribution >= 0.6 is 55.1 Å². The number of halogens is 4. The number of phenolic OH excluding ortho intramolecular Hbond substituents is 1. The van der Waals surface area contributed by atoms with Gasteiger partial charge in [-0.3, -0.25) is 4.40 Å². The van der Waals surface area contributed by atoms with Gasteiger partial charge in [0.2, 0.25) is 0 Å². The maximum atomic E-state index is 10.3. The van der Waals surface area contributed by atoms with Crippen LogP contribution in [0.4, 0.5) is 5.82 Å². The predicted molar refractivity (Wildman–Crippen MR) is 121 cm³/mol. The average Bonchev–Trinajstić information content (AvgIpc) is 3.01. The lowest BCUT2D eigenvalue weighted by Crippen LogP contribution is -1.87. The molecule has 0 amide bonds. The molecule has 28 heavy (non-hydrogen) atoms. The fourth-order valence-electron chi connectivity index (χ4n) is 2.78. The van der Waals surface area contributed by atoms with E-state index in [1.807, 2.05) is 34.9 Å². The second-order valence-electron chi connectivity index (χ2n) is 5.92. The van der Waals surface area contributed by atoms with Crippen LogP contribution in [0.15, 0.2) is 68.7 Å². The van der Waals surface area contributed by atoms with Crippen molar-refractivity contribution >= 4 is 72.7 Å². The van der Waals surface area contributed by atoms with E-state index in [0.717, 1.165) is 15.7 Å². The van der Waals surface area contributed by atoms with E-state index in [2.05, 4.69) is 41.8 Å². The van der Waals surface area contributed by atoms with E-state index < -0.39 is 0 Å². The zero-order chi connectivity index (χ0) is 19.8. The second-order valence-corrected chi connectivity index (χ2v) is 8.53. The molecule has 0 unspecified atom stereocenters. The highest BCUT2D eigenvalue weighted by molar-refractivity contribution is 9.11. The van der Waals surface area contributed by atoms with E-state index in [0.29, 0.717) is 31.6 Å². The van der Waals surface area contributed by atoms with Gasteiger partial charge in [-0.1, -0.05) is 45.2 Å². The van der Waals surface area contributed by atoms with Crippen molar-refractivity contribution in [2.45, 2.75) is 0 Å². The van der Waals surface area contributed by atoms with Crippen molar-refractivity contribution in [3.8, 4) is 17.0 Å². The minimum atomic E-state index is 0.104. The van der Waals surface area contributed by atoms with E-state index >= 15 is 0 Å². The van der Waals surface area contributed by atoms with Crippen LogP contribution in [0.5, 0.6) is 5.75 Å². The first-order valence-corrected chi connectivity index (χ1v) is 10.4. The maximum Gasteiger partial charge on any atom is 0.165 e. The standard InChI is InChI=1S/C20H11Br2Cl2N3O/c21-12-7-11(19(28)15(22)8-12)10-25-20-18(14-5-4-13(23)9-16(14)24)26-17-3-1-2-6-27(17)20/h1-10,28H. The molecule has 1 N–H and O–H groups in total. The van der Waals surface area contributed by atoms with Crippen LogP contribution in [0, 0.1) is 0 Å². The zero-order valence-electron chi connectivity index (χ0n) is 14.1. The quantitative estimate of drug-likeness (QED) is 0.278. The molecule has 0 aliphatic carbocycles. The SMILES string of the molecule is Oc1c(Br)cc(Br)cc1C=Nc1c(-c2ccc(Cl)cc2Cl)nc2ccccn12. The maximum absolute atomic E-state index is 10.3. The number of phenols is 1. The molecule has 0 saturated heterocycles. The Bertz CT molecular complexity index is 1240. The number of hydrogen-bond acceptors (Lipinski definition) is 3. The Kier molecular flexibility index (Phi) is 5.47. The van der Waals surface area contributed by atoms with Gasteiger partial charge in [-0.05, 0) is 58.4 Å². The lowest BCUT2D eigenvalue weighted by molar-refractivity contribution is 0.471. The molecule has 8 heteroatoms. The van der Waals surface area contributed by atoms with Gasteiger partial charge in [0.25, 0.3) is 0 Å². The molecule has 2 aromatic carbocycles. The van der Waals surface area contributed by atoms with E-state index in [-0.39, 0.29) is 5.75 Å². The number of fused-ring (bicyclic) bond motifs is 1. The summed E-state index contributed by atoms with van der Waals surface area (Å²) in [5, 5.41) is 11.3. The minimum absolute atomic E-state index is 0.104. The van der Waals surface area contributed by atoms with Gasteiger partial charge < -0.3 is 5.11 Å². The molecule has 0 aliphatic heterocycles. The van der Waals surface area contributed by atoms with Gasteiger partial charge in [-0.15, -0.1) is 0 Å². The van der Waals surface area contributed by atoms with Crippen molar-refractivity contribution < 1.29 is 5.11 Å². The Labute approximate surface area is 187 Å². The van der Waals surface area contributed by atoms with Crippen molar-refractivity contribution in [1.29, 1.82) is 0 Å². The Morgan fingerprint density at radius 1 is 1.07 bits per heavy atom. The molecule has 0 radical (unpaired) electrons. The number of hydrogen-bond donors (Lipinski definition) is 1. The molecule has 4 rings (SSSR count). The monoisotopic (exact) mass is 537 g/mol. The third-order valence-electron chi connectivity index (χ3n) is 4.07. The minimum Gasteiger partial charge on any atom is -0.506 e. The van der Waals surface area contributed by atoms with Crippen LogP contribution in [0.1, 0.15) is 5.56 Å². The van der Waals surface area contributed by atoms with Crippen molar-refractivity contribution in [3.05, 3.63) is 79.3 Å². The Balaban J connectivity index is 1.91. The topological polar surface area (TPSA) is 49.9 Å². The van der Waals surface area contributed by atoms with Crippen molar-refractivity contribution in [3.63, 3.8) is 0 Å². The Morgan fingerprint density at radius 2 is 1.89 bits per heavy atom. The number of aromatic hydroxyl groups is 1. The molecule has 0 atom stereocenters. The number of benzene rings is 2. The molecule has 2 aromatic heterocycles. The summed E-state index contributed by atoms with van der Waals surface area (Å²) in [4.78, 5) is 9.31. The van der Waals surface area contributed by atoms with Crippen LogP contribution in [0.25, 0.3) is 16.9 Å². The molecular weight excluding hydrogens is 529 g/mol. The molecule has 0 saturated carbocycles. The molecule has 140 valence electrons. The number of nitrogens with zero attached hydrogens (tertiary/aromatic N) is 3. The van der Waals surface area contributed by atoms with Gasteiger partial charge >= 0.3 is 0 Å². The zero-order valence-corrected chi connectivity index (χ0v) is 18.8. The molecule has 0 aliphatic rings. The highest BCUT2D eigenvalue weighted by atomic mass is 79.9. The van der Waals surface area contributed by atoms with E-state index in [4.69, 9.17) is 23.2 Å². The second kappa shape index (κ2) is 7.87. The summed E-state index contributed by atoms with van der Waals surface area (Å²) in [7, 11) is 0. The normalized spacial score (nSPS) is 11.6. The fourth-order valence-corrected chi connectivity index (χ4v) is 4.54. The summed E-state index contributed by atoms with van der Waals surface area (Å²) in [5.74, 6) is 0.696. The van der Waals surface area contributed by atoms with Gasteiger partial charge in [-0.25, -0.2) is 9.98 Å². The molecule has 0 bridgehead atoms. The lowest BCUT2D eigenvalue weighted by atomic mass is 10.1. The summed E-state index contributed by atoms with van der Waals surface area (Å²) in [5.41, 5.74) is 2.63. The first kappa shape index (κ1) is 19.5. The Hall–Kier alpha value is -1.86. The van der Waals surface area contributed by atoms with Crippen LogP contribution in [-0.4, -0.2) is 20.7 Å². The van der Waals surface area contributed by atoms with Crippen LogP contribution in [0.2, 0.25) is 10.0 Å². The number of aliphatic imine (C=N–C) groups is 1. The summed E-state index contributed by atoms with van der Waals surface area (Å²) in [6.07, 6.45) is 3.47. The van der Waals surface area contributed by atoms with Crippen molar-refractivity contribution in [2.24, 2.45) is 4.99 Å². The third-order valence-corrected chi connectivity index (χ3v) is 5.68. The highest BCUT2D eigenvalue weighted by Crippen LogP contribution is 2.37. The van der Waals surface area contributed by atoms with Crippen LogP contribution in [0.3, 0.4) is 0 Å². The van der Waals surface area contributed by atoms with E-state index in [1.165, 1.54) is 0 Å². The molecule has 4 aromatic rings. The molecular formula is C20H11Br2Cl2N3O. The fraction of sp³-hybridized carbons (Fsp3) is 0. The van der Waals surface area contributed by atoms with Gasteiger partial charge in [0.15, 0.2) is 5.82 Å². The van der Waals surface area contributed by atoms with Gasteiger partial charge in [0, 0.05) is 33.0 Å². The first-order chi connectivity index (χ1) is 13.4. The van der Waals surface area contributed by atoms with Crippen molar-refractivity contribution in [2.75, 3.05) is 0 Å². The molecule has 2 heterocycles. The van der Waals surface area contributed by atoms with Crippen LogP contribution < -0.4 is 0 Å². The summed E-state index contributed by atoms with van der Waals surface area (Å²) < 4.78 is 3.25. The molecule has 4 nitrogen and oxygen atoms in total. The number of aromatic nitrogens is 2. The third kappa shape index (κ3) is 3.70. The average molecular weight is 540 g/mol. The summed E-state index contributed by atoms with van der Waals surface area (Å²) >= 11 is 19.2. The first-order valence-electron chi connectivity index (χ1n) is 8.08. The summed E-state index contributed by atoms with van der Waals surface area (Å²) in [6, 6.07) is 14.5. The van der Waals surface area contributed by atoms with Gasteiger partial charge in [0.05, 0.1) is 9.50 Å². The van der Waals surface area contributed by atoms with Crippen molar-refractivity contribution in [1.82, 2.24) is 9.38 Å². The van der Waals surface area contributed by atoms with E-state index in [9.17, 15) is 5.11 Å². The largest absolute Gasteiger partial charge is 0.506 e. The lowest BCUT2D eigenvalue weighted by Gasteiger charge is -2.05. The van der Waals surface area contributed by atoms with Crippen LogP contribution in [-0.2, 0) is 0 Å². The summed E-state index contributed by atoms with van der Waals surface area (Å²) in [6.45, 7) is 0. The van der Waals surface area contributed by atoms with Gasteiger partial charge in [0.1, 0.15) is 17.1 Å². The predicted octanol–water partition coefficient (Wildman–Crippen LogP) is 7.29. The smallest absolute Gasteiger partial charge is 0.165 e. The van der Waals surface area contributed by atoms with Gasteiger partial charge in [-0.2, -0.15) is 0 Å². The number of imidazole rings is 1. The molecule has 0 fully saturated rings. The number of pyridine rings is 1.